The molecule has 2 heterocycles. The summed E-state index contributed by atoms with van der Waals surface area (Å²) in [6.45, 7) is 0.541. The molecule has 7 N–H and O–H groups in total. The number of aromatic nitrogens is 3. The minimum atomic E-state index is 0.345. The monoisotopic (exact) mass is 377 g/mol. The van der Waals surface area contributed by atoms with Gasteiger partial charge < -0.3 is 16.9 Å². The largest absolute Gasteiger partial charge is 0.395 e. The van der Waals surface area contributed by atoms with E-state index in [2.05, 4.69) is 15.5 Å². The first kappa shape index (κ1) is 17.3. The lowest BCUT2D eigenvalue weighted by Crippen LogP contribution is -2.13. The highest BCUT2D eigenvalue weighted by molar-refractivity contribution is 6.35. The van der Waals surface area contributed by atoms with Gasteiger partial charge in [0.15, 0.2) is 5.82 Å². The number of benzene rings is 1. The van der Waals surface area contributed by atoms with E-state index in [-0.39, 0.29) is 0 Å². The van der Waals surface area contributed by atoms with Crippen molar-refractivity contribution in [2.24, 2.45) is 5.84 Å². The molecule has 0 radical (unpaired) electrons. The van der Waals surface area contributed by atoms with Gasteiger partial charge in [0.1, 0.15) is 5.82 Å². The van der Waals surface area contributed by atoms with Gasteiger partial charge in [0, 0.05) is 22.7 Å². The normalized spacial score (nSPS) is 10.8. The van der Waals surface area contributed by atoms with Crippen molar-refractivity contribution < 1.29 is 0 Å². The molecule has 0 bridgehead atoms. The Bertz CT molecular complexity index is 907. The van der Waals surface area contributed by atoms with Crippen LogP contribution in [0.2, 0.25) is 10.0 Å². The number of hydrazine groups is 1. The van der Waals surface area contributed by atoms with Gasteiger partial charge in [-0.05, 0) is 34.9 Å². The van der Waals surface area contributed by atoms with Gasteiger partial charge in [0.05, 0.1) is 18.4 Å². The van der Waals surface area contributed by atoms with Crippen molar-refractivity contribution in [3.05, 3.63) is 63.4 Å². The fourth-order valence-corrected chi connectivity index (χ4v) is 2.98. The second kappa shape index (κ2) is 7.18. The molecule has 3 aromatic rings. The fourth-order valence-electron chi connectivity index (χ4n) is 2.51. The summed E-state index contributed by atoms with van der Waals surface area (Å²) in [5.74, 6) is 6.11. The van der Waals surface area contributed by atoms with Crippen molar-refractivity contribution in [2.45, 2.75) is 13.0 Å². The Hall–Kier alpha value is -2.48. The second-order valence-corrected chi connectivity index (χ2v) is 6.42. The summed E-state index contributed by atoms with van der Waals surface area (Å²) in [5, 5.41) is 5.57. The van der Waals surface area contributed by atoms with Gasteiger partial charge in [0.2, 0.25) is 0 Å². The maximum Gasteiger partial charge on any atom is 0.165 e. The molecule has 0 aliphatic heterocycles. The van der Waals surface area contributed by atoms with Crippen molar-refractivity contribution >= 4 is 40.5 Å². The average Bonchev–Trinajstić information content (AvgIpc) is 3.00. The molecule has 0 spiro atoms. The Morgan fingerprint density at radius 1 is 1.12 bits per heavy atom. The lowest BCUT2D eigenvalue weighted by molar-refractivity contribution is 0.686. The summed E-state index contributed by atoms with van der Waals surface area (Å²) >= 11 is 12.1. The van der Waals surface area contributed by atoms with E-state index in [0.29, 0.717) is 40.3 Å². The van der Waals surface area contributed by atoms with Gasteiger partial charge in [-0.15, -0.1) is 0 Å². The van der Waals surface area contributed by atoms with Crippen LogP contribution in [0.3, 0.4) is 0 Å². The topological polar surface area (TPSA) is 121 Å². The number of nitrogens with two attached hydrogens (primary N) is 3. The minimum Gasteiger partial charge on any atom is -0.395 e. The molecule has 0 aliphatic rings. The van der Waals surface area contributed by atoms with Crippen molar-refractivity contribution in [3.8, 4) is 0 Å². The SMILES string of the molecule is NNc1nc(N)cc(Cc2cnn(Cc3ccc(Cl)cc3Cl)c2)c1N. The van der Waals surface area contributed by atoms with Crippen LogP contribution in [0.1, 0.15) is 16.7 Å². The number of nitrogen functional groups attached to an aromatic ring is 3. The summed E-state index contributed by atoms with van der Waals surface area (Å²) in [7, 11) is 0. The highest BCUT2D eigenvalue weighted by atomic mass is 35.5. The molecule has 25 heavy (non-hydrogen) atoms. The summed E-state index contributed by atoms with van der Waals surface area (Å²) in [4.78, 5) is 4.04. The fraction of sp³-hybridized carbons (Fsp3) is 0.125. The first-order valence-electron chi connectivity index (χ1n) is 7.43. The van der Waals surface area contributed by atoms with Crippen molar-refractivity contribution in [1.29, 1.82) is 0 Å². The van der Waals surface area contributed by atoms with E-state index in [9.17, 15) is 0 Å². The third kappa shape index (κ3) is 3.96. The Balaban J connectivity index is 1.79. The first-order valence-corrected chi connectivity index (χ1v) is 8.18. The van der Waals surface area contributed by atoms with Crippen molar-refractivity contribution in [3.63, 3.8) is 0 Å². The Morgan fingerprint density at radius 2 is 1.92 bits per heavy atom. The van der Waals surface area contributed by atoms with E-state index in [0.717, 1.165) is 16.7 Å². The number of nitrogens with zero attached hydrogens (tertiary/aromatic N) is 3. The molecule has 3 rings (SSSR count). The molecule has 1 aromatic carbocycles. The van der Waals surface area contributed by atoms with Crippen molar-refractivity contribution in [2.75, 3.05) is 16.9 Å². The van der Waals surface area contributed by atoms with Crippen LogP contribution in [0.25, 0.3) is 0 Å². The van der Waals surface area contributed by atoms with Crippen LogP contribution >= 0.6 is 23.2 Å². The molecule has 0 saturated carbocycles. The zero-order valence-electron chi connectivity index (χ0n) is 13.2. The molecule has 2 aromatic heterocycles. The summed E-state index contributed by atoms with van der Waals surface area (Å²) < 4.78 is 1.80. The third-order valence-corrected chi connectivity index (χ3v) is 4.32. The molecule has 130 valence electrons. The number of rotatable bonds is 5. The maximum absolute atomic E-state index is 6.21. The molecular weight excluding hydrogens is 361 g/mol. The lowest BCUT2D eigenvalue weighted by atomic mass is 10.1. The predicted octanol–water partition coefficient (Wildman–Crippen LogP) is 2.67. The number of hydrogen-bond acceptors (Lipinski definition) is 6. The zero-order valence-corrected chi connectivity index (χ0v) is 14.7. The average molecular weight is 378 g/mol. The minimum absolute atomic E-state index is 0.345. The van der Waals surface area contributed by atoms with E-state index in [1.54, 1.807) is 29.1 Å². The van der Waals surface area contributed by atoms with Gasteiger partial charge >= 0.3 is 0 Å². The van der Waals surface area contributed by atoms with Gasteiger partial charge in [-0.2, -0.15) is 5.10 Å². The molecule has 0 saturated heterocycles. The summed E-state index contributed by atoms with van der Waals surface area (Å²) in [6.07, 6.45) is 4.26. The zero-order chi connectivity index (χ0) is 18.0. The standard InChI is InChI=1S/C16H17Cl2N7/c17-12-2-1-10(13(18)5-12)8-25-7-9(6-22-25)3-11-4-14(19)23-16(24-21)15(11)20/h1-2,4-7H,3,8,20-21H2,(H3,19,23,24). The van der Waals surface area contributed by atoms with E-state index >= 15 is 0 Å². The van der Waals surface area contributed by atoms with Gasteiger partial charge in [-0.3, -0.25) is 4.68 Å². The maximum atomic E-state index is 6.21. The number of hydrogen-bond donors (Lipinski definition) is 4. The molecule has 7 nitrogen and oxygen atoms in total. The number of anilines is 3. The van der Waals surface area contributed by atoms with E-state index in [1.807, 2.05) is 12.3 Å². The number of pyridine rings is 1. The van der Waals surface area contributed by atoms with Crippen molar-refractivity contribution in [1.82, 2.24) is 14.8 Å². The van der Waals surface area contributed by atoms with Crippen LogP contribution in [0.15, 0.2) is 36.7 Å². The van der Waals surface area contributed by atoms with Crippen LogP contribution in [-0.2, 0) is 13.0 Å². The van der Waals surface area contributed by atoms with Crippen LogP contribution in [0, 0.1) is 0 Å². The highest BCUT2D eigenvalue weighted by Gasteiger charge is 2.10. The van der Waals surface area contributed by atoms with Gasteiger partial charge in [0.25, 0.3) is 0 Å². The number of nitrogens with one attached hydrogen (secondary N) is 1. The molecule has 0 unspecified atom stereocenters. The third-order valence-electron chi connectivity index (χ3n) is 3.73. The predicted molar refractivity (Wildman–Crippen MR) is 101 cm³/mol. The van der Waals surface area contributed by atoms with E-state index < -0.39 is 0 Å². The number of halogens is 2. The second-order valence-electron chi connectivity index (χ2n) is 5.57. The Kier molecular flexibility index (Phi) is 4.98. The quantitative estimate of drug-likeness (QED) is 0.400. The first-order chi connectivity index (χ1) is 12.0. The molecule has 9 heteroatoms. The van der Waals surface area contributed by atoms with Gasteiger partial charge in [-0.25, -0.2) is 10.8 Å². The van der Waals surface area contributed by atoms with Gasteiger partial charge in [-0.1, -0.05) is 29.3 Å². The Labute approximate surface area is 154 Å². The molecule has 0 fully saturated rings. The van der Waals surface area contributed by atoms with Crippen LogP contribution in [0.4, 0.5) is 17.3 Å². The molecule has 0 atom stereocenters. The molecule has 0 aliphatic carbocycles. The molecular formula is C16H17Cl2N7. The van der Waals surface area contributed by atoms with E-state index in [4.69, 9.17) is 40.5 Å². The van der Waals surface area contributed by atoms with Crippen LogP contribution in [-0.4, -0.2) is 14.8 Å². The van der Waals surface area contributed by atoms with E-state index in [1.165, 1.54) is 0 Å². The molecule has 0 amide bonds. The smallest absolute Gasteiger partial charge is 0.165 e. The van der Waals surface area contributed by atoms with Crippen LogP contribution in [0.5, 0.6) is 0 Å². The lowest BCUT2D eigenvalue weighted by Gasteiger charge is -2.10. The highest BCUT2D eigenvalue weighted by Crippen LogP contribution is 2.25. The summed E-state index contributed by atoms with van der Waals surface area (Å²) in [6, 6.07) is 7.12. The summed E-state index contributed by atoms with van der Waals surface area (Å²) in [5.41, 5.74) is 17.5. The Morgan fingerprint density at radius 3 is 2.64 bits per heavy atom. The van der Waals surface area contributed by atoms with Crippen LogP contribution < -0.4 is 22.7 Å².